The maximum atomic E-state index is 13.9. The zero-order valence-corrected chi connectivity index (χ0v) is 25.4. The van der Waals surface area contributed by atoms with Crippen molar-refractivity contribution < 1.29 is 24.1 Å². The molecule has 1 aliphatic rings. The molecule has 8 nitrogen and oxygen atoms in total. The quantitative estimate of drug-likeness (QED) is 0.255. The molecule has 0 fully saturated rings. The topological polar surface area (TPSA) is 99.4 Å². The van der Waals surface area contributed by atoms with Crippen LogP contribution in [0.2, 0.25) is 0 Å². The van der Waals surface area contributed by atoms with Crippen LogP contribution in [0.15, 0.2) is 93.9 Å². The summed E-state index contributed by atoms with van der Waals surface area (Å²) in [6.07, 6.45) is 1.74. The normalized spacial score (nSPS) is 14.8. The lowest BCUT2D eigenvalue weighted by atomic mass is 9.96. The molecule has 1 atom stereocenters. The van der Waals surface area contributed by atoms with Crippen molar-refractivity contribution >= 4 is 23.4 Å². The van der Waals surface area contributed by atoms with E-state index in [1.54, 1.807) is 29.7 Å². The summed E-state index contributed by atoms with van der Waals surface area (Å²) in [6, 6.07) is 21.5. The second-order valence-electron chi connectivity index (χ2n) is 10.6. The van der Waals surface area contributed by atoms with E-state index >= 15 is 0 Å². The van der Waals surface area contributed by atoms with E-state index in [0.29, 0.717) is 50.9 Å². The highest BCUT2D eigenvalue weighted by molar-refractivity contribution is 7.07. The van der Waals surface area contributed by atoms with Gasteiger partial charge in [-0.3, -0.25) is 9.36 Å². The summed E-state index contributed by atoms with van der Waals surface area (Å²) in [5, 5.41) is 10.1. The number of carbonyl (C=O) groups excluding carboxylic acids is 1. The summed E-state index contributed by atoms with van der Waals surface area (Å²) in [6.45, 7) is 8.60. The molecule has 1 aromatic heterocycles. The van der Waals surface area contributed by atoms with Gasteiger partial charge in [0.1, 0.15) is 12.4 Å². The molecule has 43 heavy (non-hydrogen) atoms. The van der Waals surface area contributed by atoms with Crippen LogP contribution in [-0.2, 0) is 16.1 Å². The molecule has 0 aliphatic carbocycles. The Labute approximate surface area is 253 Å². The van der Waals surface area contributed by atoms with Crippen molar-refractivity contribution in [2.45, 2.75) is 40.3 Å². The SMILES string of the molecule is CCOc1cc(/C=c2\sc3n(c2=O)C(c2ccc(OCc4ccccc4)cc2)C(C(=O)OCC(C)C)=C(C)N=3)ccc1O. The number of rotatable bonds is 10. The van der Waals surface area contributed by atoms with E-state index in [0.717, 1.165) is 11.1 Å². The van der Waals surface area contributed by atoms with Crippen LogP contribution >= 0.6 is 11.3 Å². The maximum Gasteiger partial charge on any atom is 0.338 e. The lowest BCUT2D eigenvalue weighted by Gasteiger charge is -2.25. The van der Waals surface area contributed by atoms with Crippen LogP contribution in [0, 0.1) is 5.92 Å². The molecular formula is C34H34N2O6S. The minimum atomic E-state index is -0.736. The lowest BCUT2D eigenvalue weighted by Crippen LogP contribution is -2.40. The molecule has 0 bridgehead atoms. The van der Waals surface area contributed by atoms with Gasteiger partial charge in [-0.15, -0.1) is 0 Å². The molecule has 0 spiro atoms. The summed E-state index contributed by atoms with van der Waals surface area (Å²) < 4.78 is 19.1. The Morgan fingerprint density at radius 3 is 2.51 bits per heavy atom. The van der Waals surface area contributed by atoms with Gasteiger partial charge in [-0.25, -0.2) is 9.79 Å². The first-order chi connectivity index (χ1) is 20.7. The highest BCUT2D eigenvalue weighted by Gasteiger charge is 2.33. The number of fused-ring (bicyclic) bond motifs is 1. The number of phenolic OH excluding ortho intramolecular Hbond substituents is 1. The number of esters is 1. The van der Waals surface area contributed by atoms with Gasteiger partial charge in [0.25, 0.3) is 5.56 Å². The van der Waals surface area contributed by atoms with Crippen LogP contribution in [-0.4, -0.2) is 28.9 Å². The number of hydrogen-bond donors (Lipinski definition) is 1. The van der Waals surface area contributed by atoms with Crippen molar-refractivity contribution in [3.05, 3.63) is 120 Å². The fourth-order valence-electron chi connectivity index (χ4n) is 4.75. The van der Waals surface area contributed by atoms with Gasteiger partial charge in [0.15, 0.2) is 16.3 Å². The van der Waals surface area contributed by atoms with Crippen molar-refractivity contribution in [3.8, 4) is 17.2 Å². The van der Waals surface area contributed by atoms with Crippen molar-refractivity contribution in [2.75, 3.05) is 13.2 Å². The first-order valence-corrected chi connectivity index (χ1v) is 15.0. The Kier molecular flexibility index (Phi) is 9.11. The fraction of sp³-hybridized carbons (Fsp3) is 0.265. The minimum Gasteiger partial charge on any atom is -0.504 e. The molecule has 1 aliphatic heterocycles. The largest absolute Gasteiger partial charge is 0.504 e. The predicted molar refractivity (Wildman–Crippen MR) is 166 cm³/mol. The van der Waals surface area contributed by atoms with E-state index in [4.69, 9.17) is 14.2 Å². The molecule has 222 valence electrons. The monoisotopic (exact) mass is 598 g/mol. The summed E-state index contributed by atoms with van der Waals surface area (Å²) in [4.78, 5) is 32.5. The number of carbonyl (C=O) groups is 1. The zero-order chi connectivity index (χ0) is 30.5. The summed E-state index contributed by atoms with van der Waals surface area (Å²) in [5.41, 5.74) is 3.00. The van der Waals surface area contributed by atoms with E-state index in [2.05, 4.69) is 4.99 Å². The third-order valence-electron chi connectivity index (χ3n) is 6.81. The van der Waals surface area contributed by atoms with E-state index in [-0.39, 0.29) is 23.8 Å². The second-order valence-corrected chi connectivity index (χ2v) is 11.6. The third kappa shape index (κ3) is 6.73. The van der Waals surface area contributed by atoms with Crippen molar-refractivity contribution in [1.82, 2.24) is 4.57 Å². The van der Waals surface area contributed by atoms with Gasteiger partial charge in [-0.2, -0.15) is 0 Å². The number of hydrogen-bond acceptors (Lipinski definition) is 8. The average Bonchev–Trinajstić information content (AvgIpc) is 3.30. The van der Waals surface area contributed by atoms with Gasteiger partial charge in [-0.1, -0.05) is 73.7 Å². The van der Waals surface area contributed by atoms with Crippen molar-refractivity contribution in [2.24, 2.45) is 10.9 Å². The smallest absolute Gasteiger partial charge is 0.338 e. The maximum absolute atomic E-state index is 13.9. The Morgan fingerprint density at radius 1 is 1.07 bits per heavy atom. The van der Waals surface area contributed by atoms with Gasteiger partial charge < -0.3 is 19.3 Å². The van der Waals surface area contributed by atoms with Gasteiger partial charge in [-0.05, 0) is 66.8 Å². The van der Waals surface area contributed by atoms with Crippen molar-refractivity contribution in [1.29, 1.82) is 0 Å². The number of aromatic nitrogens is 1. The molecule has 0 radical (unpaired) electrons. The molecule has 9 heteroatoms. The van der Waals surface area contributed by atoms with E-state index < -0.39 is 12.0 Å². The standard InChI is InChI=1S/C34H34N2O6S/c1-5-40-28-17-24(11-16-27(28)37)18-29-32(38)36-31(30(22(4)35-34(36)43-29)33(39)42-19-21(2)3)25-12-14-26(15-13-25)41-20-23-9-7-6-8-10-23/h6-18,21,31,37H,5,19-20H2,1-4H3/b29-18-. The Morgan fingerprint density at radius 2 is 1.81 bits per heavy atom. The summed E-state index contributed by atoms with van der Waals surface area (Å²) in [5.74, 6) is 0.678. The Bertz CT molecular complexity index is 1820. The Hall–Kier alpha value is -4.63. The molecule has 4 aromatic rings. The molecule has 2 heterocycles. The van der Waals surface area contributed by atoms with Gasteiger partial charge in [0, 0.05) is 0 Å². The van der Waals surface area contributed by atoms with Crippen LogP contribution in [0.3, 0.4) is 0 Å². The third-order valence-corrected chi connectivity index (χ3v) is 7.80. The number of allylic oxidation sites excluding steroid dienone is 1. The molecule has 5 rings (SSSR count). The van der Waals surface area contributed by atoms with Crippen LogP contribution in [0.1, 0.15) is 50.4 Å². The van der Waals surface area contributed by atoms with Crippen LogP contribution in [0.5, 0.6) is 17.2 Å². The number of aromatic hydroxyl groups is 1. The number of ether oxygens (including phenoxy) is 3. The first kappa shape index (κ1) is 29.8. The average molecular weight is 599 g/mol. The van der Waals surface area contributed by atoms with Crippen LogP contribution in [0.25, 0.3) is 6.08 Å². The minimum absolute atomic E-state index is 0.0248. The zero-order valence-electron chi connectivity index (χ0n) is 24.6. The molecule has 0 saturated heterocycles. The van der Waals surface area contributed by atoms with Crippen LogP contribution in [0.4, 0.5) is 0 Å². The highest BCUT2D eigenvalue weighted by atomic mass is 32.1. The van der Waals surface area contributed by atoms with Gasteiger partial charge >= 0.3 is 5.97 Å². The number of thiazole rings is 1. The first-order valence-electron chi connectivity index (χ1n) is 14.2. The number of nitrogens with zero attached hydrogens (tertiary/aromatic N) is 2. The molecular weight excluding hydrogens is 564 g/mol. The second kappa shape index (κ2) is 13.1. The van der Waals surface area contributed by atoms with Gasteiger partial charge in [0.2, 0.25) is 0 Å². The molecule has 3 aromatic carbocycles. The number of benzene rings is 3. The van der Waals surface area contributed by atoms with Crippen molar-refractivity contribution in [3.63, 3.8) is 0 Å². The lowest BCUT2D eigenvalue weighted by molar-refractivity contribution is -0.140. The molecule has 1 N–H and O–H groups in total. The molecule has 0 saturated carbocycles. The highest BCUT2D eigenvalue weighted by Crippen LogP contribution is 2.32. The van der Waals surface area contributed by atoms with Crippen LogP contribution < -0.4 is 24.4 Å². The predicted octanol–water partition coefficient (Wildman–Crippen LogP) is 5.12. The molecule has 1 unspecified atom stereocenters. The van der Waals surface area contributed by atoms with E-state index in [1.165, 1.54) is 17.4 Å². The van der Waals surface area contributed by atoms with Gasteiger partial charge in [0.05, 0.1) is 35.1 Å². The van der Waals surface area contributed by atoms with E-state index in [1.807, 2.05) is 75.4 Å². The summed E-state index contributed by atoms with van der Waals surface area (Å²) in [7, 11) is 0. The Balaban J connectivity index is 1.56. The fourth-order valence-corrected chi connectivity index (χ4v) is 5.80. The van der Waals surface area contributed by atoms with E-state index in [9.17, 15) is 14.7 Å². The number of phenols is 1. The summed E-state index contributed by atoms with van der Waals surface area (Å²) >= 11 is 1.24. The molecule has 0 amide bonds.